The third-order valence-corrected chi connectivity index (χ3v) is 5.02. The Morgan fingerprint density at radius 3 is 2.69 bits per heavy atom. The van der Waals surface area contributed by atoms with Crippen LogP contribution < -0.4 is 5.32 Å². The van der Waals surface area contributed by atoms with Gasteiger partial charge in [0.25, 0.3) is 5.91 Å². The number of para-hydroxylation sites is 1. The Bertz CT molecular complexity index is 848. The van der Waals surface area contributed by atoms with E-state index in [9.17, 15) is 14.7 Å². The lowest BCUT2D eigenvalue weighted by Crippen LogP contribution is -2.45. The van der Waals surface area contributed by atoms with Gasteiger partial charge < -0.3 is 10.4 Å². The number of nitrogens with zero attached hydrogens (tertiary/aromatic N) is 2. The fourth-order valence-electron chi connectivity index (χ4n) is 3.50. The molecule has 1 amide bonds. The van der Waals surface area contributed by atoms with Crippen molar-refractivity contribution in [3.8, 4) is 0 Å². The molecule has 6 heteroatoms. The summed E-state index contributed by atoms with van der Waals surface area (Å²) in [6, 6.07) is 6.64. The molecule has 138 valence electrons. The predicted octanol–water partition coefficient (Wildman–Crippen LogP) is 2.45. The largest absolute Gasteiger partial charge is 0.480 e. The summed E-state index contributed by atoms with van der Waals surface area (Å²) in [6.07, 6.45) is 0.792. The third-order valence-electron chi connectivity index (χ3n) is 5.02. The molecule has 1 aromatic heterocycles. The van der Waals surface area contributed by atoms with Gasteiger partial charge in [0.2, 0.25) is 0 Å². The summed E-state index contributed by atoms with van der Waals surface area (Å²) in [6.45, 7) is 8.15. The molecule has 0 saturated carbocycles. The van der Waals surface area contributed by atoms with Crippen LogP contribution in [0.25, 0.3) is 10.9 Å². The van der Waals surface area contributed by atoms with Gasteiger partial charge in [-0.05, 0) is 18.5 Å². The van der Waals surface area contributed by atoms with Crippen LogP contribution in [0.4, 0.5) is 0 Å². The Morgan fingerprint density at radius 2 is 2.04 bits per heavy atom. The fraction of sp³-hybridized carbons (Fsp3) is 0.450. The van der Waals surface area contributed by atoms with E-state index in [2.05, 4.69) is 17.1 Å². The van der Waals surface area contributed by atoms with Gasteiger partial charge in [0.1, 0.15) is 6.04 Å². The summed E-state index contributed by atoms with van der Waals surface area (Å²) in [5.41, 5.74) is 3.20. The molecule has 0 fully saturated rings. The minimum atomic E-state index is -1.02. The van der Waals surface area contributed by atoms with Gasteiger partial charge in [-0.25, -0.2) is 4.79 Å². The summed E-state index contributed by atoms with van der Waals surface area (Å²) in [7, 11) is 0. The van der Waals surface area contributed by atoms with E-state index in [1.54, 1.807) is 13.8 Å². The maximum atomic E-state index is 13.1. The second kappa shape index (κ2) is 7.41. The van der Waals surface area contributed by atoms with Crippen LogP contribution in [0.1, 0.15) is 42.4 Å². The average Bonchev–Trinajstić information content (AvgIpc) is 2.62. The van der Waals surface area contributed by atoms with E-state index in [1.165, 1.54) is 0 Å². The van der Waals surface area contributed by atoms with Crippen molar-refractivity contribution in [2.75, 3.05) is 13.1 Å². The van der Waals surface area contributed by atoms with E-state index in [-0.39, 0.29) is 11.8 Å². The van der Waals surface area contributed by atoms with Crippen molar-refractivity contribution in [2.24, 2.45) is 5.92 Å². The van der Waals surface area contributed by atoms with Crippen LogP contribution in [0.15, 0.2) is 24.3 Å². The summed E-state index contributed by atoms with van der Waals surface area (Å²) in [5.74, 6) is -1.55. The van der Waals surface area contributed by atoms with Gasteiger partial charge in [0, 0.05) is 36.2 Å². The second-order valence-electron chi connectivity index (χ2n) is 7.08. The molecule has 0 saturated heterocycles. The highest BCUT2D eigenvalue weighted by Crippen LogP contribution is 2.28. The Labute approximate surface area is 153 Å². The van der Waals surface area contributed by atoms with Gasteiger partial charge in [-0.15, -0.1) is 0 Å². The van der Waals surface area contributed by atoms with Crippen LogP contribution in [-0.4, -0.2) is 46.0 Å². The number of pyridine rings is 1. The van der Waals surface area contributed by atoms with E-state index in [0.717, 1.165) is 41.7 Å². The van der Waals surface area contributed by atoms with Gasteiger partial charge in [-0.1, -0.05) is 39.0 Å². The van der Waals surface area contributed by atoms with E-state index in [0.29, 0.717) is 12.1 Å². The van der Waals surface area contributed by atoms with Crippen LogP contribution in [0.2, 0.25) is 0 Å². The topological polar surface area (TPSA) is 82.5 Å². The molecule has 2 heterocycles. The molecule has 0 aliphatic carbocycles. The summed E-state index contributed by atoms with van der Waals surface area (Å²) in [4.78, 5) is 31.7. The van der Waals surface area contributed by atoms with Crippen LogP contribution in [-0.2, 0) is 17.8 Å². The van der Waals surface area contributed by atoms with Crippen molar-refractivity contribution in [2.45, 2.75) is 39.8 Å². The number of aliphatic carboxylic acids is 1. The number of carboxylic acid groups (broad SMARTS) is 1. The van der Waals surface area contributed by atoms with Gasteiger partial charge in [-0.2, -0.15) is 0 Å². The SMILES string of the molecule is CCN1CCc2nc3ccccc3c(C(=O)NC(C(=O)O)C(C)C)c2C1. The van der Waals surface area contributed by atoms with Crippen molar-refractivity contribution < 1.29 is 14.7 Å². The number of carbonyl (C=O) groups excluding carboxylic acids is 1. The highest BCUT2D eigenvalue weighted by atomic mass is 16.4. The molecule has 3 rings (SSSR count). The molecule has 2 N–H and O–H groups in total. The van der Waals surface area contributed by atoms with Crippen LogP contribution in [0.3, 0.4) is 0 Å². The summed E-state index contributed by atoms with van der Waals surface area (Å²) >= 11 is 0. The molecular weight excluding hydrogens is 330 g/mol. The number of fused-ring (bicyclic) bond motifs is 2. The molecule has 1 aliphatic heterocycles. The predicted molar refractivity (Wildman–Crippen MR) is 100 cm³/mol. The quantitative estimate of drug-likeness (QED) is 0.861. The minimum absolute atomic E-state index is 0.201. The molecular formula is C20H25N3O3. The van der Waals surface area contributed by atoms with Crippen molar-refractivity contribution in [3.63, 3.8) is 0 Å². The normalized spacial score (nSPS) is 15.7. The van der Waals surface area contributed by atoms with E-state index in [4.69, 9.17) is 4.98 Å². The number of benzene rings is 1. The molecule has 26 heavy (non-hydrogen) atoms. The first-order valence-corrected chi connectivity index (χ1v) is 9.08. The second-order valence-corrected chi connectivity index (χ2v) is 7.08. The maximum Gasteiger partial charge on any atom is 0.326 e. The van der Waals surface area contributed by atoms with Gasteiger partial charge in [0.05, 0.1) is 11.1 Å². The fourth-order valence-corrected chi connectivity index (χ4v) is 3.50. The molecule has 1 aliphatic rings. The minimum Gasteiger partial charge on any atom is -0.480 e. The van der Waals surface area contributed by atoms with Crippen molar-refractivity contribution in [1.82, 2.24) is 15.2 Å². The van der Waals surface area contributed by atoms with Gasteiger partial charge in [-0.3, -0.25) is 14.7 Å². The molecule has 0 spiro atoms. The number of aromatic nitrogens is 1. The number of rotatable bonds is 5. The lowest BCUT2D eigenvalue weighted by molar-refractivity contribution is -0.140. The summed E-state index contributed by atoms with van der Waals surface area (Å²) < 4.78 is 0. The molecule has 0 bridgehead atoms. The standard InChI is InChI=1S/C20H25N3O3/c1-4-23-10-9-16-14(11-23)17(13-7-5-6-8-15(13)21-16)19(24)22-18(12(2)3)20(25)26/h5-8,12,18H,4,9-11H2,1-3H3,(H,22,24)(H,25,26). The van der Waals surface area contributed by atoms with Crippen molar-refractivity contribution >= 4 is 22.8 Å². The van der Waals surface area contributed by atoms with E-state index in [1.807, 2.05) is 24.3 Å². The zero-order valence-corrected chi connectivity index (χ0v) is 15.5. The van der Waals surface area contributed by atoms with Crippen LogP contribution in [0, 0.1) is 5.92 Å². The maximum absolute atomic E-state index is 13.1. The molecule has 0 radical (unpaired) electrons. The zero-order valence-electron chi connectivity index (χ0n) is 15.5. The highest BCUT2D eigenvalue weighted by molar-refractivity contribution is 6.08. The molecule has 2 aromatic rings. The number of nitrogens with one attached hydrogen (secondary N) is 1. The molecule has 1 atom stereocenters. The average molecular weight is 355 g/mol. The van der Waals surface area contributed by atoms with Crippen molar-refractivity contribution in [3.05, 3.63) is 41.1 Å². The lowest BCUT2D eigenvalue weighted by atomic mass is 9.94. The number of hydrogen-bond acceptors (Lipinski definition) is 4. The Kier molecular flexibility index (Phi) is 5.23. The highest BCUT2D eigenvalue weighted by Gasteiger charge is 2.29. The van der Waals surface area contributed by atoms with Crippen LogP contribution in [0.5, 0.6) is 0 Å². The number of likely N-dealkylation sites (N-methyl/N-ethyl adjacent to an activating group) is 1. The Hall–Kier alpha value is -2.47. The number of hydrogen-bond donors (Lipinski definition) is 2. The molecule has 1 unspecified atom stereocenters. The number of carbonyl (C=O) groups is 2. The number of amides is 1. The molecule has 1 aromatic carbocycles. The monoisotopic (exact) mass is 355 g/mol. The number of carboxylic acids is 1. The van der Waals surface area contributed by atoms with E-state index < -0.39 is 12.0 Å². The molecule has 6 nitrogen and oxygen atoms in total. The van der Waals surface area contributed by atoms with Crippen LogP contribution >= 0.6 is 0 Å². The van der Waals surface area contributed by atoms with Crippen molar-refractivity contribution in [1.29, 1.82) is 0 Å². The van der Waals surface area contributed by atoms with Gasteiger partial charge in [0.15, 0.2) is 0 Å². The Morgan fingerprint density at radius 1 is 1.31 bits per heavy atom. The first-order valence-electron chi connectivity index (χ1n) is 9.08. The first kappa shape index (κ1) is 18.3. The third kappa shape index (κ3) is 3.42. The van der Waals surface area contributed by atoms with Gasteiger partial charge >= 0.3 is 5.97 Å². The lowest BCUT2D eigenvalue weighted by Gasteiger charge is -2.29. The van der Waals surface area contributed by atoms with E-state index >= 15 is 0 Å². The Balaban J connectivity index is 2.11. The zero-order chi connectivity index (χ0) is 18.8. The first-order chi connectivity index (χ1) is 12.4. The summed E-state index contributed by atoms with van der Waals surface area (Å²) in [5, 5.41) is 12.9. The smallest absolute Gasteiger partial charge is 0.326 e.